The van der Waals surface area contributed by atoms with Crippen molar-refractivity contribution in [3.63, 3.8) is 0 Å². The predicted octanol–water partition coefficient (Wildman–Crippen LogP) is 3.58. The molecule has 1 atom stereocenters. The molecule has 2 N–H and O–H groups in total. The molecule has 2 nitrogen and oxygen atoms in total. The predicted molar refractivity (Wildman–Crippen MR) is 81.7 cm³/mol. The van der Waals surface area contributed by atoms with E-state index in [0.29, 0.717) is 24.7 Å². The van der Waals surface area contributed by atoms with Crippen molar-refractivity contribution in [2.75, 3.05) is 6.54 Å². The van der Waals surface area contributed by atoms with Crippen LogP contribution < -0.4 is 5.73 Å². The molecule has 3 rings (SSSR count). The second-order valence-electron chi connectivity index (χ2n) is 6.63. The summed E-state index contributed by atoms with van der Waals surface area (Å²) < 4.78 is 0. The third-order valence-corrected chi connectivity index (χ3v) is 5.44. The molecule has 0 aliphatic heterocycles. The number of carbonyl (C=O) groups is 1. The van der Waals surface area contributed by atoms with Gasteiger partial charge in [-0.3, -0.25) is 4.79 Å². The van der Waals surface area contributed by atoms with Gasteiger partial charge in [0.2, 0.25) is 0 Å². The van der Waals surface area contributed by atoms with Crippen LogP contribution in [0.1, 0.15) is 62.0 Å². The molecule has 1 aromatic rings. The molecule has 0 bridgehead atoms. The molecule has 108 valence electrons. The van der Waals surface area contributed by atoms with Crippen LogP contribution >= 0.6 is 0 Å². The average molecular weight is 271 g/mol. The van der Waals surface area contributed by atoms with Crippen molar-refractivity contribution in [3.8, 4) is 0 Å². The lowest BCUT2D eigenvalue weighted by Gasteiger charge is -2.35. The van der Waals surface area contributed by atoms with Gasteiger partial charge in [0.25, 0.3) is 0 Å². The van der Waals surface area contributed by atoms with E-state index >= 15 is 0 Å². The summed E-state index contributed by atoms with van der Waals surface area (Å²) in [6.07, 6.45) is 8.67. The third-order valence-electron chi connectivity index (χ3n) is 5.44. The molecule has 0 aromatic heterocycles. The van der Waals surface area contributed by atoms with Crippen LogP contribution in [0.15, 0.2) is 24.3 Å². The topological polar surface area (TPSA) is 43.1 Å². The fourth-order valence-corrected chi connectivity index (χ4v) is 3.99. The van der Waals surface area contributed by atoms with Crippen molar-refractivity contribution < 1.29 is 4.79 Å². The second kappa shape index (κ2) is 5.69. The Morgan fingerprint density at radius 3 is 2.50 bits per heavy atom. The van der Waals surface area contributed by atoms with E-state index < -0.39 is 0 Å². The van der Waals surface area contributed by atoms with Gasteiger partial charge in [-0.15, -0.1) is 0 Å². The number of Topliss-reactive ketones (excluding diaryl/α,β-unsaturated/α-hetero) is 1. The van der Waals surface area contributed by atoms with Gasteiger partial charge in [-0.05, 0) is 36.3 Å². The Kier molecular flexibility index (Phi) is 3.93. The SMILES string of the molecule is NCC1(C(=O)CC2Cc3ccccc32)CCCCCC1. The fourth-order valence-electron chi connectivity index (χ4n) is 3.99. The van der Waals surface area contributed by atoms with Crippen LogP contribution in [0.3, 0.4) is 0 Å². The van der Waals surface area contributed by atoms with E-state index in [4.69, 9.17) is 5.73 Å². The second-order valence-corrected chi connectivity index (χ2v) is 6.63. The largest absolute Gasteiger partial charge is 0.329 e. The minimum atomic E-state index is -0.207. The molecule has 20 heavy (non-hydrogen) atoms. The zero-order valence-corrected chi connectivity index (χ0v) is 12.2. The molecule has 0 heterocycles. The summed E-state index contributed by atoms with van der Waals surface area (Å²) in [6.45, 7) is 0.542. The van der Waals surface area contributed by atoms with Crippen LogP contribution in [0.5, 0.6) is 0 Å². The zero-order chi connectivity index (χ0) is 14.0. The lowest BCUT2D eigenvalue weighted by molar-refractivity contribution is -0.129. The molecule has 0 spiro atoms. The minimum absolute atomic E-state index is 0.207. The summed E-state index contributed by atoms with van der Waals surface area (Å²) in [4.78, 5) is 12.8. The molecular formula is C18H25NO. The highest BCUT2D eigenvalue weighted by Gasteiger charge is 2.39. The van der Waals surface area contributed by atoms with E-state index in [0.717, 1.165) is 19.3 Å². The highest BCUT2D eigenvalue weighted by molar-refractivity contribution is 5.86. The van der Waals surface area contributed by atoms with E-state index in [1.54, 1.807) is 0 Å². The molecule has 0 amide bonds. The van der Waals surface area contributed by atoms with Crippen LogP contribution in [0, 0.1) is 5.41 Å². The van der Waals surface area contributed by atoms with Crippen molar-refractivity contribution in [3.05, 3.63) is 35.4 Å². The molecule has 1 aromatic carbocycles. The summed E-state index contributed by atoms with van der Waals surface area (Å²) in [6, 6.07) is 8.53. The Morgan fingerprint density at radius 1 is 1.15 bits per heavy atom. The van der Waals surface area contributed by atoms with Gasteiger partial charge in [-0.1, -0.05) is 49.9 Å². The number of hydrogen-bond acceptors (Lipinski definition) is 2. The van der Waals surface area contributed by atoms with Crippen LogP contribution in [-0.2, 0) is 11.2 Å². The standard InChI is InChI=1S/C18H25NO/c19-13-18(9-5-1-2-6-10-18)17(20)12-15-11-14-7-3-4-8-16(14)15/h3-4,7-8,15H,1-2,5-6,9-13,19H2. The first-order chi connectivity index (χ1) is 9.75. The van der Waals surface area contributed by atoms with E-state index in [1.807, 2.05) is 0 Å². The van der Waals surface area contributed by atoms with Crippen molar-refractivity contribution >= 4 is 5.78 Å². The van der Waals surface area contributed by atoms with Crippen LogP contribution in [0.2, 0.25) is 0 Å². The molecule has 2 aliphatic rings. The van der Waals surface area contributed by atoms with E-state index in [2.05, 4.69) is 24.3 Å². The number of hydrogen-bond donors (Lipinski definition) is 1. The first-order valence-corrected chi connectivity index (χ1v) is 8.06. The maximum Gasteiger partial charge on any atom is 0.140 e. The molecule has 1 saturated carbocycles. The van der Waals surface area contributed by atoms with Crippen LogP contribution in [0.4, 0.5) is 0 Å². The molecule has 1 unspecified atom stereocenters. The maximum absolute atomic E-state index is 12.8. The maximum atomic E-state index is 12.8. The summed E-state index contributed by atoms with van der Waals surface area (Å²) >= 11 is 0. The highest BCUT2D eigenvalue weighted by atomic mass is 16.1. The lowest BCUT2D eigenvalue weighted by atomic mass is 9.69. The van der Waals surface area contributed by atoms with Gasteiger partial charge in [0, 0.05) is 18.4 Å². The molecular weight excluding hydrogens is 246 g/mol. The van der Waals surface area contributed by atoms with Crippen LogP contribution in [0.25, 0.3) is 0 Å². The number of ketones is 1. The van der Waals surface area contributed by atoms with Crippen LogP contribution in [-0.4, -0.2) is 12.3 Å². The van der Waals surface area contributed by atoms with E-state index in [9.17, 15) is 4.79 Å². The van der Waals surface area contributed by atoms with Gasteiger partial charge in [-0.25, -0.2) is 0 Å². The number of carbonyl (C=O) groups excluding carboxylic acids is 1. The summed E-state index contributed by atoms with van der Waals surface area (Å²) in [5, 5.41) is 0. The van der Waals surface area contributed by atoms with Crippen molar-refractivity contribution in [2.45, 2.75) is 57.3 Å². The number of benzene rings is 1. The zero-order valence-electron chi connectivity index (χ0n) is 12.2. The number of nitrogens with two attached hydrogens (primary N) is 1. The Labute approximate surface area is 121 Å². The molecule has 2 heteroatoms. The van der Waals surface area contributed by atoms with Gasteiger partial charge in [0.1, 0.15) is 5.78 Å². The van der Waals surface area contributed by atoms with Gasteiger partial charge >= 0.3 is 0 Å². The number of rotatable bonds is 4. The quantitative estimate of drug-likeness (QED) is 0.850. The third kappa shape index (κ3) is 2.42. The van der Waals surface area contributed by atoms with Crippen molar-refractivity contribution in [1.29, 1.82) is 0 Å². The first-order valence-electron chi connectivity index (χ1n) is 8.06. The van der Waals surface area contributed by atoms with Gasteiger partial charge in [-0.2, -0.15) is 0 Å². The fraction of sp³-hybridized carbons (Fsp3) is 0.611. The van der Waals surface area contributed by atoms with Crippen molar-refractivity contribution in [2.24, 2.45) is 11.1 Å². The smallest absolute Gasteiger partial charge is 0.140 e. The Bertz CT molecular complexity index is 486. The van der Waals surface area contributed by atoms with Crippen molar-refractivity contribution in [1.82, 2.24) is 0 Å². The minimum Gasteiger partial charge on any atom is -0.329 e. The summed E-state index contributed by atoms with van der Waals surface area (Å²) in [5.41, 5.74) is 8.62. The van der Waals surface area contributed by atoms with Gasteiger partial charge in [0.15, 0.2) is 0 Å². The number of fused-ring (bicyclic) bond motifs is 1. The summed E-state index contributed by atoms with van der Waals surface area (Å²) in [7, 11) is 0. The van der Waals surface area contributed by atoms with Gasteiger partial charge < -0.3 is 5.73 Å². The molecule has 0 radical (unpaired) electrons. The molecule has 0 saturated heterocycles. The lowest BCUT2D eigenvalue weighted by Crippen LogP contribution is -2.39. The Hall–Kier alpha value is -1.15. The normalized spacial score (nSPS) is 24.4. The highest BCUT2D eigenvalue weighted by Crippen LogP contribution is 2.42. The monoisotopic (exact) mass is 271 g/mol. The molecule has 1 fully saturated rings. The van der Waals surface area contributed by atoms with E-state index in [1.165, 1.54) is 36.8 Å². The first kappa shape index (κ1) is 13.8. The van der Waals surface area contributed by atoms with E-state index in [-0.39, 0.29) is 5.41 Å². The Balaban J connectivity index is 1.69. The average Bonchev–Trinajstić information content (AvgIpc) is 2.71. The summed E-state index contributed by atoms with van der Waals surface area (Å²) in [5.74, 6) is 0.881. The van der Waals surface area contributed by atoms with Gasteiger partial charge in [0.05, 0.1) is 0 Å². The molecule has 2 aliphatic carbocycles. The Morgan fingerprint density at radius 2 is 1.85 bits per heavy atom.